The molecule has 0 unspecified atom stereocenters. The van der Waals surface area contributed by atoms with Gasteiger partial charge in [0.1, 0.15) is 11.6 Å². The maximum Gasteiger partial charge on any atom is 0.137 e. The number of anilines is 1. The molecule has 25 heavy (non-hydrogen) atoms. The van der Waals surface area contributed by atoms with E-state index in [9.17, 15) is 0 Å². The number of benzene rings is 2. The van der Waals surface area contributed by atoms with Gasteiger partial charge < -0.3 is 15.0 Å². The molecule has 2 heterocycles. The third-order valence-corrected chi connectivity index (χ3v) is 4.87. The number of methoxy groups -OCH3 is 1. The molecule has 0 aliphatic carbocycles. The van der Waals surface area contributed by atoms with Crippen molar-refractivity contribution in [2.75, 3.05) is 38.2 Å². The molecule has 0 amide bonds. The molecule has 0 bridgehead atoms. The zero-order valence-corrected chi connectivity index (χ0v) is 14.7. The van der Waals surface area contributed by atoms with Gasteiger partial charge in [-0.1, -0.05) is 18.2 Å². The lowest BCUT2D eigenvalue weighted by Crippen LogP contribution is -2.44. The van der Waals surface area contributed by atoms with Gasteiger partial charge in [0.15, 0.2) is 0 Å². The van der Waals surface area contributed by atoms with E-state index in [1.54, 1.807) is 7.11 Å². The molecule has 2 aromatic carbocycles. The number of hydrogen-bond donors (Lipinski definition) is 1. The van der Waals surface area contributed by atoms with Crippen molar-refractivity contribution >= 4 is 16.6 Å². The Balaban J connectivity index is 1.88. The third kappa shape index (κ3) is 3.05. The molecule has 4 nitrogen and oxygen atoms in total. The highest BCUT2D eigenvalue weighted by Gasteiger charge is 2.17. The molecule has 1 aliphatic rings. The lowest BCUT2D eigenvalue weighted by Gasteiger charge is -2.30. The number of nitrogens with one attached hydrogen (secondary N) is 1. The zero-order valence-electron chi connectivity index (χ0n) is 14.7. The fraction of sp³-hybridized carbons (Fsp3) is 0.286. The summed E-state index contributed by atoms with van der Waals surface area (Å²) >= 11 is 0. The standard InChI is InChI=1S/C21H23N3O/c1-15-4-3-5-18-19(15)14-20(16-6-8-17(25-2)9-7-16)23-21(18)24-12-10-22-11-13-24/h3-9,14,22H,10-13H2,1-2H3. The van der Waals surface area contributed by atoms with Crippen LogP contribution in [0.5, 0.6) is 5.75 Å². The minimum Gasteiger partial charge on any atom is -0.497 e. The van der Waals surface area contributed by atoms with Crippen LogP contribution in [0.1, 0.15) is 5.56 Å². The molecule has 1 aliphatic heterocycles. The molecule has 1 saturated heterocycles. The summed E-state index contributed by atoms with van der Waals surface area (Å²) in [7, 11) is 1.69. The number of ether oxygens (including phenoxy) is 1. The molecule has 0 spiro atoms. The highest BCUT2D eigenvalue weighted by Crippen LogP contribution is 2.32. The summed E-state index contributed by atoms with van der Waals surface area (Å²) in [4.78, 5) is 7.44. The first-order chi connectivity index (χ1) is 12.3. The van der Waals surface area contributed by atoms with E-state index in [1.165, 1.54) is 16.3 Å². The van der Waals surface area contributed by atoms with Gasteiger partial charge in [0.2, 0.25) is 0 Å². The molecule has 1 fully saturated rings. The first-order valence-corrected chi connectivity index (χ1v) is 8.77. The molecule has 3 aromatic rings. The van der Waals surface area contributed by atoms with Gasteiger partial charge in [-0.15, -0.1) is 0 Å². The fourth-order valence-electron chi connectivity index (χ4n) is 3.44. The summed E-state index contributed by atoms with van der Waals surface area (Å²) < 4.78 is 5.28. The number of nitrogens with zero attached hydrogens (tertiary/aromatic N) is 2. The quantitative estimate of drug-likeness (QED) is 0.794. The highest BCUT2D eigenvalue weighted by molar-refractivity contribution is 5.97. The predicted molar refractivity (Wildman–Crippen MR) is 104 cm³/mol. The lowest BCUT2D eigenvalue weighted by molar-refractivity contribution is 0.415. The van der Waals surface area contributed by atoms with Gasteiger partial charge in [0.05, 0.1) is 12.8 Å². The summed E-state index contributed by atoms with van der Waals surface area (Å²) in [6, 6.07) is 16.8. The van der Waals surface area contributed by atoms with Crippen LogP contribution in [0.3, 0.4) is 0 Å². The van der Waals surface area contributed by atoms with Gasteiger partial charge in [-0.3, -0.25) is 0 Å². The molecular formula is C21H23N3O. The van der Waals surface area contributed by atoms with E-state index in [0.29, 0.717) is 0 Å². The number of fused-ring (bicyclic) bond motifs is 1. The third-order valence-electron chi connectivity index (χ3n) is 4.87. The Bertz CT molecular complexity index is 884. The number of piperazine rings is 1. The van der Waals surface area contributed by atoms with Crippen LogP contribution in [0.2, 0.25) is 0 Å². The van der Waals surface area contributed by atoms with Crippen LogP contribution in [0.4, 0.5) is 5.82 Å². The first kappa shape index (κ1) is 15.9. The Morgan fingerprint density at radius 2 is 1.76 bits per heavy atom. The summed E-state index contributed by atoms with van der Waals surface area (Å²) in [5.74, 6) is 1.96. The van der Waals surface area contributed by atoms with Gasteiger partial charge in [-0.25, -0.2) is 4.98 Å². The van der Waals surface area contributed by atoms with E-state index in [1.807, 2.05) is 12.1 Å². The van der Waals surface area contributed by atoms with Crippen LogP contribution in [0.15, 0.2) is 48.5 Å². The van der Waals surface area contributed by atoms with Gasteiger partial charge >= 0.3 is 0 Å². The smallest absolute Gasteiger partial charge is 0.137 e. The Morgan fingerprint density at radius 1 is 1.00 bits per heavy atom. The second kappa shape index (κ2) is 6.73. The topological polar surface area (TPSA) is 37.4 Å². The number of pyridine rings is 1. The van der Waals surface area contributed by atoms with Crippen LogP contribution >= 0.6 is 0 Å². The van der Waals surface area contributed by atoms with Crippen molar-refractivity contribution in [2.45, 2.75) is 6.92 Å². The molecule has 4 rings (SSSR count). The van der Waals surface area contributed by atoms with Crippen molar-refractivity contribution in [1.82, 2.24) is 10.3 Å². The first-order valence-electron chi connectivity index (χ1n) is 8.77. The molecule has 4 heteroatoms. The average molecular weight is 333 g/mol. The van der Waals surface area contributed by atoms with Crippen molar-refractivity contribution in [3.8, 4) is 17.0 Å². The minimum absolute atomic E-state index is 0.864. The zero-order chi connectivity index (χ0) is 17.2. The minimum atomic E-state index is 0.864. The molecular weight excluding hydrogens is 310 g/mol. The Hall–Kier alpha value is -2.59. The van der Waals surface area contributed by atoms with E-state index in [2.05, 4.69) is 53.5 Å². The average Bonchev–Trinajstić information content (AvgIpc) is 2.68. The molecule has 1 aromatic heterocycles. The van der Waals surface area contributed by atoms with E-state index in [4.69, 9.17) is 9.72 Å². The van der Waals surface area contributed by atoms with Crippen LogP contribution in [0, 0.1) is 6.92 Å². The molecule has 0 radical (unpaired) electrons. The molecule has 128 valence electrons. The van der Waals surface area contributed by atoms with E-state index < -0.39 is 0 Å². The summed E-state index contributed by atoms with van der Waals surface area (Å²) in [5.41, 5.74) is 3.41. The number of aromatic nitrogens is 1. The van der Waals surface area contributed by atoms with Crippen molar-refractivity contribution in [3.63, 3.8) is 0 Å². The summed E-state index contributed by atoms with van der Waals surface area (Å²) in [5, 5.41) is 5.93. The van der Waals surface area contributed by atoms with Crippen LogP contribution in [0.25, 0.3) is 22.0 Å². The van der Waals surface area contributed by atoms with Crippen LogP contribution in [-0.4, -0.2) is 38.3 Å². The fourth-order valence-corrected chi connectivity index (χ4v) is 3.44. The summed E-state index contributed by atoms with van der Waals surface area (Å²) in [6.07, 6.45) is 0. The Labute approximate surface area is 148 Å². The van der Waals surface area contributed by atoms with Gasteiger partial charge in [-0.05, 0) is 48.2 Å². The SMILES string of the molecule is COc1ccc(-c2cc3c(C)cccc3c(N3CCNCC3)n2)cc1. The molecule has 0 atom stereocenters. The second-order valence-electron chi connectivity index (χ2n) is 6.47. The largest absolute Gasteiger partial charge is 0.497 e. The van der Waals surface area contributed by atoms with Gasteiger partial charge in [-0.2, -0.15) is 0 Å². The van der Waals surface area contributed by atoms with Crippen molar-refractivity contribution in [2.24, 2.45) is 0 Å². The monoisotopic (exact) mass is 333 g/mol. The Kier molecular flexibility index (Phi) is 4.28. The van der Waals surface area contributed by atoms with Crippen molar-refractivity contribution in [1.29, 1.82) is 0 Å². The lowest BCUT2D eigenvalue weighted by atomic mass is 10.0. The van der Waals surface area contributed by atoms with Gasteiger partial charge in [0.25, 0.3) is 0 Å². The number of aryl methyl sites for hydroxylation is 1. The highest BCUT2D eigenvalue weighted by atomic mass is 16.5. The van der Waals surface area contributed by atoms with Gasteiger partial charge in [0, 0.05) is 37.1 Å². The van der Waals surface area contributed by atoms with E-state index in [0.717, 1.165) is 49.0 Å². The molecule has 1 N–H and O–H groups in total. The maximum absolute atomic E-state index is 5.28. The van der Waals surface area contributed by atoms with Crippen molar-refractivity contribution < 1.29 is 4.74 Å². The summed E-state index contributed by atoms with van der Waals surface area (Å²) in [6.45, 7) is 6.15. The number of rotatable bonds is 3. The molecule has 0 saturated carbocycles. The predicted octanol–water partition coefficient (Wildman–Crippen LogP) is 3.63. The normalized spacial score (nSPS) is 14.7. The van der Waals surface area contributed by atoms with E-state index in [-0.39, 0.29) is 0 Å². The maximum atomic E-state index is 5.28. The van der Waals surface area contributed by atoms with Crippen LogP contribution < -0.4 is 15.0 Å². The van der Waals surface area contributed by atoms with E-state index >= 15 is 0 Å². The second-order valence-corrected chi connectivity index (χ2v) is 6.47. The Morgan fingerprint density at radius 3 is 2.48 bits per heavy atom. The number of hydrogen-bond acceptors (Lipinski definition) is 4. The van der Waals surface area contributed by atoms with Crippen LogP contribution in [-0.2, 0) is 0 Å². The van der Waals surface area contributed by atoms with Crippen molar-refractivity contribution in [3.05, 3.63) is 54.1 Å².